The number of hydrogen-bond donors (Lipinski definition) is 3. The van der Waals surface area contributed by atoms with Crippen LogP contribution in [0.5, 0.6) is 5.75 Å². The molecule has 2 amide bonds. The van der Waals surface area contributed by atoms with Crippen molar-refractivity contribution in [1.29, 1.82) is 0 Å². The Hall–Kier alpha value is -2.57. The number of hydrogen-bond acceptors (Lipinski definition) is 4. The number of carbonyl (C=O) groups excluding carboxylic acids is 2. The quantitative estimate of drug-likeness (QED) is 0.706. The number of benzene rings is 1. The van der Waals surface area contributed by atoms with Gasteiger partial charge in [0, 0.05) is 0 Å². The van der Waals surface area contributed by atoms with Crippen LogP contribution in [-0.2, 0) is 9.59 Å². The fraction of sp³-hybridized carbons (Fsp3) is 0.471. The van der Waals surface area contributed by atoms with Crippen molar-refractivity contribution in [3.05, 3.63) is 30.3 Å². The molecule has 132 valence electrons. The number of carboxylic acids is 1. The third kappa shape index (κ3) is 5.91. The third-order valence-electron chi connectivity index (χ3n) is 3.41. The van der Waals surface area contributed by atoms with Gasteiger partial charge in [0.25, 0.3) is 0 Å². The van der Waals surface area contributed by atoms with Crippen LogP contribution in [0.1, 0.15) is 27.7 Å². The van der Waals surface area contributed by atoms with Gasteiger partial charge in [-0.15, -0.1) is 0 Å². The van der Waals surface area contributed by atoms with Crippen molar-refractivity contribution in [2.24, 2.45) is 11.8 Å². The molecule has 2 atom stereocenters. The lowest BCUT2D eigenvalue weighted by molar-refractivity contribution is -0.143. The second-order valence-electron chi connectivity index (χ2n) is 6.14. The molecule has 1 aromatic rings. The molecule has 1 aromatic carbocycles. The van der Waals surface area contributed by atoms with Crippen molar-refractivity contribution in [3.63, 3.8) is 0 Å². The molecule has 0 aromatic heterocycles. The summed E-state index contributed by atoms with van der Waals surface area (Å²) in [6, 6.07) is 6.53. The Balaban J connectivity index is 2.73. The van der Waals surface area contributed by atoms with Crippen LogP contribution in [-0.4, -0.2) is 35.2 Å². The molecule has 0 aliphatic carbocycles. The van der Waals surface area contributed by atoms with Gasteiger partial charge >= 0.3 is 12.1 Å². The summed E-state index contributed by atoms with van der Waals surface area (Å²) in [4.78, 5) is 35.5. The fourth-order valence-corrected chi connectivity index (χ4v) is 2.04. The van der Waals surface area contributed by atoms with E-state index in [0.29, 0.717) is 5.75 Å². The summed E-state index contributed by atoms with van der Waals surface area (Å²) in [5.74, 6) is -1.85. The van der Waals surface area contributed by atoms with E-state index in [1.807, 2.05) is 0 Å². The predicted octanol–water partition coefficient (Wildman–Crippen LogP) is 2.02. The molecule has 7 heteroatoms. The highest BCUT2D eigenvalue weighted by Crippen LogP contribution is 2.10. The lowest BCUT2D eigenvalue weighted by Gasteiger charge is -2.25. The van der Waals surface area contributed by atoms with E-state index in [0.717, 1.165) is 0 Å². The largest absolute Gasteiger partial charge is 0.480 e. The molecule has 0 aliphatic heterocycles. The second-order valence-corrected chi connectivity index (χ2v) is 6.14. The molecule has 0 radical (unpaired) electrons. The van der Waals surface area contributed by atoms with Crippen LogP contribution in [0.4, 0.5) is 4.79 Å². The van der Waals surface area contributed by atoms with Crippen LogP contribution >= 0.6 is 0 Å². The van der Waals surface area contributed by atoms with E-state index in [4.69, 9.17) is 9.84 Å². The van der Waals surface area contributed by atoms with Crippen molar-refractivity contribution in [1.82, 2.24) is 10.6 Å². The van der Waals surface area contributed by atoms with Gasteiger partial charge in [0.2, 0.25) is 5.91 Å². The standard InChI is InChI=1S/C17H24N2O5/c1-10(2)13(15(20)18-14(11(3)4)16(21)22)19-17(23)24-12-8-6-5-7-9-12/h5-11,13-14H,1-4H3,(H,18,20)(H,19,23)(H,21,22). The van der Waals surface area contributed by atoms with Crippen molar-refractivity contribution < 1.29 is 24.2 Å². The first-order chi connectivity index (χ1) is 11.2. The average Bonchev–Trinajstić information content (AvgIpc) is 2.50. The van der Waals surface area contributed by atoms with Crippen LogP contribution in [0.25, 0.3) is 0 Å². The normalized spacial score (nSPS) is 13.2. The molecule has 7 nitrogen and oxygen atoms in total. The summed E-state index contributed by atoms with van der Waals surface area (Å²) in [5.41, 5.74) is 0. The number of rotatable bonds is 7. The first-order valence-corrected chi connectivity index (χ1v) is 7.79. The van der Waals surface area contributed by atoms with Crippen LogP contribution < -0.4 is 15.4 Å². The van der Waals surface area contributed by atoms with Crippen molar-refractivity contribution in [2.75, 3.05) is 0 Å². The van der Waals surface area contributed by atoms with Gasteiger partial charge in [0.15, 0.2) is 0 Å². The van der Waals surface area contributed by atoms with Gasteiger partial charge in [-0.2, -0.15) is 0 Å². The molecule has 24 heavy (non-hydrogen) atoms. The SMILES string of the molecule is CC(C)C(NC(=O)C(NC(=O)Oc1ccccc1)C(C)C)C(=O)O. The number of carboxylic acid groups (broad SMARTS) is 1. The Morgan fingerprint density at radius 1 is 0.917 bits per heavy atom. The maximum atomic E-state index is 12.3. The highest BCUT2D eigenvalue weighted by molar-refractivity contribution is 5.89. The molecular formula is C17H24N2O5. The first kappa shape index (κ1) is 19.5. The summed E-state index contributed by atoms with van der Waals surface area (Å²) in [6.45, 7) is 6.89. The highest BCUT2D eigenvalue weighted by atomic mass is 16.6. The smallest absolute Gasteiger partial charge is 0.413 e. The summed E-state index contributed by atoms with van der Waals surface area (Å²) in [7, 11) is 0. The lowest BCUT2D eigenvalue weighted by Crippen LogP contribution is -2.55. The van der Waals surface area contributed by atoms with Crippen LogP contribution in [0.15, 0.2) is 30.3 Å². The summed E-state index contributed by atoms with van der Waals surface area (Å²) < 4.78 is 5.10. The van der Waals surface area contributed by atoms with E-state index in [1.54, 1.807) is 58.0 Å². The minimum absolute atomic E-state index is 0.241. The average molecular weight is 336 g/mol. The monoisotopic (exact) mass is 336 g/mol. The van der Waals surface area contributed by atoms with Crippen molar-refractivity contribution >= 4 is 18.0 Å². The number of aliphatic carboxylic acids is 1. The van der Waals surface area contributed by atoms with Crippen LogP contribution in [0.3, 0.4) is 0 Å². The van der Waals surface area contributed by atoms with Crippen molar-refractivity contribution in [2.45, 2.75) is 39.8 Å². The maximum Gasteiger partial charge on any atom is 0.413 e. The zero-order valence-corrected chi connectivity index (χ0v) is 14.3. The molecule has 0 aliphatic rings. The predicted molar refractivity (Wildman–Crippen MR) is 88.6 cm³/mol. The van der Waals surface area contributed by atoms with Gasteiger partial charge in [0.05, 0.1) is 0 Å². The summed E-state index contributed by atoms with van der Waals surface area (Å²) in [5, 5.41) is 14.1. The Labute approximate surface area is 141 Å². The highest BCUT2D eigenvalue weighted by Gasteiger charge is 2.30. The molecule has 0 saturated heterocycles. The number of nitrogens with one attached hydrogen (secondary N) is 2. The Bertz CT molecular complexity index is 572. The lowest BCUT2D eigenvalue weighted by atomic mass is 10.0. The van der Waals surface area contributed by atoms with Gasteiger partial charge < -0.3 is 20.5 Å². The molecular weight excluding hydrogens is 312 g/mol. The fourth-order valence-electron chi connectivity index (χ4n) is 2.04. The molecule has 0 saturated carbocycles. The van der Waals surface area contributed by atoms with E-state index < -0.39 is 30.1 Å². The third-order valence-corrected chi connectivity index (χ3v) is 3.41. The molecule has 2 unspecified atom stereocenters. The second kappa shape index (κ2) is 8.90. The topological polar surface area (TPSA) is 105 Å². The maximum absolute atomic E-state index is 12.3. The molecule has 0 heterocycles. The van der Waals surface area contributed by atoms with E-state index >= 15 is 0 Å². The zero-order chi connectivity index (χ0) is 18.3. The first-order valence-electron chi connectivity index (χ1n) is 7.79. The Kier molecular flexibility index (Phi) is 7.23. The minimum atomic E-state index is -1.12. The number of amides is 2. The van der Waals surface area contributed by atoms with E-state index in [9.17, 15) is 14.4 Å². The van der Waals surface area contributed by atoms with Gasteiger partial charge in [-0.1, -0.05) is 45.9 Å². The van der Waals surface area contributed by atoms with Gasteiger partial charge in [-0.05, 0) is 24.0 Å². The summed E-state index contributed by atoms with van der Waals surface area (Å²) >= 11 is 0. The van der Waals surface area contributed by atoms with Gasteiger partial charge in [-0.3, -0.25) is 4.79 Å². The number of para-hydroxylation sites is 1. The molecule has 0 spiro atoms. The molecule has 3 N–H and O–H groups in total. The molecule has 0 fully saturated rings. The summed E-state index contributed by atoms with van der Waals surface area (Å²) in [6.07, 6.45) is -0.772. The van der Waals surface area contributed by atoms with Gasteiger partial charge in [0.1, 0.15) is 17.8 Å². The minimum Gasteiger partial charge on any atom is -0.480 e. The number of ether oxygens (including phenoxy) is 1. The zero-order valence-electron chi connectivity index (χ0n) is 14.3. The van der Waals surface area contributed by atoms with E-state index in [2.05, 4.69) is 10.6 Å². The Morgan fingerprint density at radius 3 is 1.92 bits per heavy atom. The molecule has 1 rings (SSSR count). The van der Waals surface area contributed by atoms with E-state index in [1.165, 1.54) is 0 Å². The Morgan fingerprint density at radius 2 is 1.46 bits per heavy atom. The van der Waals surface area contributed by atoms with E-state index in [-0.39, 0.29) is 11.8 Å². The van der Waals surface area contributed by atoms with Gasteiger partial charge in [-0.25, -0.2) is 9.59 Å². The van der Waals surface area contributed by atoms with Crippen LogP contribution in [0, 0.1) is 11.8 Å². The van der Waals surface area contributed by atoms with Crippen molar-refractivity contribution in [3.8, 4) is 5.75 Å². The number of carbonyl (C=O) groups is 3. The molecule has 0 bridgehead atoms. The van der Waals surface area contributed by atoms with Crippen LogP contribution in [0.2, 0.25) is 0 Å².